The smallest absolute Gasteiger partial charge is 0.171 e. The van der Waals surface area contributed by atoms with Gasteiger partial charge in [-0.3, -0.25) is 0 Å². The molecule has 1 N–H and O–H groups in total. The third-order valence-corrected chi connectivity index (χ3v) is 3.00. The van der Waals surface area contributed by atoms with Gasteiger partial charge in [0, 0.05) is 25.7 Å². The summed E-state index contributed by atoms with van der Waals surface area (Å²) in [6, 6.07) is 1.95. The molecular weight excluding hydrogens is 226 g/mol. The summed E-state index contributed by atoms with van der Waals surface area (Å²) in [4.78, 5) is 6.43. The third-order valence-electron chi connectivity index (χ3n) is 2.72. The van der Waals surface area contributed by atoms with Crippen LogP contribution in [0.2, 0.25) is 5.15 Å². The molecule has 1 fully saturated rings. The molecule has 0 bridgehead atoms. The van der Waals surface area contributed by atoms with Gasteiger partial charge in [-0.25, -0.2) is 4.98 Å². The zero-order valence-corrected chi connectivity index (χ0v) is 10.1. The van der Waals surface area contributed by atoms with Gasteiger partial charge >= 0.3 is 0 Å². The second-order valence-electron chi connectivity index (χ2n) is 3.78. The highest BCUT2D eigenvalue weighted by Gasteiger charge is 2.12. The van der Waals surface area contributed by atoms with Gasteiger partial charge in [-0.2, -0.15) is 0 Å². The molecule has 4 nitrogen and oxygen atoms in total. The highest BCUT2D eigenvalue weighted by Crippen LogP contribution is 2.26. The number of hydrogen-bond acceptors (Lipinski definition) is 4. The Morgan fingerprint density at radius 1 is 1.44 bits per heavy atom. The first-order chi connectivity index (χ1) is 7.81. The van der Waals surface area contributed by atoms with Crippen LogP contribution in [0.25, 0.3) is 0 Å². The van der Waals surface area contributed by atoms with E-state index in [0.717, 1.165) is 38.3 Å². The SMILES string of the molecule is COc1cc(N2CCCNCC2)cnc1Cl. The molecule has 0 atom stereocenters. The number of aromatic nitrogens is 1. The van der Waals surface area contributed by atoms with Crippen LogP contribution >= 0.6 is 11.6 Å². The number of pyridine rings is 1. The molecule has 0 radical (unpaired) electrons. The van der Waals surface area contributed by atoms with E-state index in [1.165, 1.54) is 0 Å². The molecule has 0 amide bonds. The molecule has 16 heavy (non-hydrogen) atoms. The summed E-state index contributed by atoms with van der Waals surface area (Å²) in [5, 5.41) is 3.78. The van der Waals surface area contributed by atoms with Crippen molar-refractivity contribution in [3.05, 3.63) is 17.4 Å². The van der Waals surface area contributed by atoms with E-state index in [4.69, 9.17) is 16.3 Å². The zero-order valence-electron chi connectivity index (χ0n) is 9.37. The van der Waals surface area contributed by atoms with Crippen molar-refractivity contribution in [2.24, 2.45) is 0 Å². The summed E-state index contributed by atoms with van der Waals surface area (Å²) in [5.41, 5.74) is 1.07. The van der Waals surface area contributed by atoms with Crippen LogP contribution in [0, 0.1) is 0 Å². The summed E-state index contributed by atoms with van der Waals surface area (Å²) >= 11 is 5.90. The molecule has 0 aromatic carbocycles. The Hall–Kier alpha value is -1.00. The Morgan fingerprint density at radius 3 is 3.12 bits per heavy atom. The Labute approximate surface area is 101 Å². The molecule has 1 aliphatic heterocycles. The van der Waals surface area contributed by atoms with Crippen LogP contribution in [0.1, 0.15) is 6.42 Å². The lowest BCUT2D eigenvalue weighted by Gasteiger charge is -2.22. The van der Waals surface area contributed by atoms with Crippen LogP contribution in [-0.2, 0) is 0 Å². The summed E-state index contributed by atoms with van der Waals surface area (Å²) < 4.78 is 5.17. The van der Waals surface area contributed by atoms with Gasteiger partial charge < -0.3 is 15.0 Å². The minimum Gasteiger partial charge on any atom is -0.493 e. The van der Waals surface area contributed by atoms with Crippen LogP contribution in [0.15, 0.2) is 12.3 Å². The Bertz CT molecular complexity index is 351. The Morgan fingerprint density at radius 2 is 2.31 bits per heavy atom. The molecule has 1 aromatic heterocycles. The van der Waals surface area contributed by atoms with E-state index in [2.05, 4.69) is 15.2 Å². The topological polar surface area (TPSA) is 37.4 Å². The van der Waals surface area contributed by atoms with Crippen molar-refractivity contribution in [3.63, 3.8) is 0 Å². The van der Waals surface area contributed by atoms with E-state index < -0.39 is 0 Å². The minimum absolute atomic E-state index is 0.416. The third kappa shape index (κ3) is 2.57. The predicted octanol–water partition coefficient (Wildman–Crippen LogP) is 1.54. The van der Waals surface area contributed by atoms with Crippen molar-refractivity contribution in [2.75, 3.05) is 38.2 Å². The summed E-state index contributed by atoms with van der Waals surface area (Å²) in [5.74, 6) is 0.636. The maximum absolute atomic E-state index is 5.90. The van der Waals surface area contributed by atoms with Gasteiger partial charge in [0.25, 0.3) is 0 Å². The van der Waals surface area contributed by atoms with Crippen molar-refractivity contribution < 1.29 is 4.74 Å². The zero-order chi connectivity index (χ0) is 11.4. The van der Waals surface area contributed by atoms with Crippen LogP contribution in [0.5, 0.6) is 5.75 Å². The molecule has 88 valence electrons. The number of hydrogen-bond donors (Lipinski definition) is 1. The van der Waals surface area contributed by atoms with Crippen molar-refractivity contribution >= 4 is 17.3 Å². The number of nitrogens with one attached hydrogen (secondary N) is 1. The highest BCUT2D eigenvalue weighted by atomic mass is 35.5. The Balaban J connectivity index is 2.18. The molecule has 1 aromatic rings. The first kappa shape index (κ1) is 11.5. The van der Waals surface area contributed by atoms with E-state index in [-0.39, 0.29) is 0 Å². The molecule has 1 aliphatic rings. The van der Waals surface area contributed by atoms with Crippen molar-refractivity contribution in [1.82, 2.24) is 10.3 Å². The molecule has 1 saturated heterocycles. The van der Waals surface area contributed by atoms with E-state index in [1.807, 2.05) is 6.07 Å². The molecular formula is C11H16ClN3O. The molecule has 2 rings (SSSR count). The van der Waals surface area contributed by atoms with E-state index in [9.17, 15) is 0 Å². The van der Waals surface area contributed by atoms with Crippen LogP contribution in [0.4, 0.5) is 5.69 Å². The van der Waals surface area contributed by atoms with Gasteiger partial charge in [-0.15, -0.1) is 0 Å². The average molecular weight is 242 g/mol. The van der Waals surface area contributed by atoms with Crippen LogP contribution in [0.3, 0.4) is 0 Å². The minimum atomic E-state index is 0.416. The number of ether oxygens (including phenoxy) is 1. The van der Waals surface area contributed by atoms with Crippen molar-refractivity contribution in [3.8, 4) is 5.75 Å². The lowest BCUT2D eigenvalue weighted by Crippen LogP contribution is -2.27. The summed E-state index contributed by atoms with van der Waals surface area (Å²) in [7, 11) is 1.61. The number of anilines is 1. The van der Waals surface area contributed by atoms with Gasteiger partial charge in [0.05, 0.1) is 19.0 Å². The van der Waals surface area contributed by atoms with Crippen molar-refractivity contribution in [2.45, 2.75) is 6.42 Å². The maximum atomic E-state index is 5.90. The molecule has 2 heterocycles. The fourth-order valence-electron chi connectivity index (χ4n) is 1.84. The molecule has 5 heteroatoms. The monoisotopic (exact) mass is 241 g/mol. The quantitative estimate of drug-likeness (QED) is 0.798. The lowest BCUT2D eigenvalue weighted by molar-refractivity contribution is 0.413. The number of halogens is 1. The van der Waals surface area contributed by atoms with E-state index in [0.29, 0.717) is 10.9 Å². The fourth-order valence-corrected chi connectivity index (χ4v) is 2.02. The second-order valence-corrected chi connectivity index (χ2v) is 4.14. The van der Waals surface area contributed by atoms with Gasteiger partial charge in [-0.1, -0.05) is 11.6 Å². The molecule has 0 aliphatic carbocycles. The first-order valence-electron chi connectivity index (χ1n) is 5.46. The largest absolute Gasteiger partial charge is 0.493 e. The number of methoxy groups -OCH3 is 1. The highest BCUT2D eigenvalue weighted by molar-refractivity contribution is 6.30. The summed E-state index contributed by atoms with van der Waals surface area (Å²) in [6.07, 6.45) is 2.95. The predicted molar refractivity (Wildman–Crippen MR) is 65.5 cm³/mol. The first-order valence-corrected chi connectivity index (χ1v) is 5.84. The average Bonchev–Trinajstić information content (AvgIpc) is 2.58. The molecule has 0 spiro atoms. The molecule has 0 unspecified atom stereocenters. The van der Waals surface area contributed by atoms with E-state index in [1.54, 1.807) is 13.3 Å². The summed E-state index contributed by atoms with van der Waals surface area (Å²) in [6.45, 7) is 4.12. The standard InChI is InChI=1S/C11H16ClN3O/c1-16-10-7-9(8-14-11(10)12)15-5-2-3-13-4-6-15/h7-8,13H,2-6H2,1H3. The van der Waals surface area contributed by atoms with Crippen LogP contribution < -0.4 is 15.0 Å². The number of rotatable bonds is 2. The van der Waals surface area contributed by atoms with Gasteiger partial charge in [0.2, 0.25) is 0 Å². The second kappa shape index (κ2) is 5.37. The van der Waals surface area contributed by atoms with Gasteiger partial charge in [0.15, 0.2) is 10.9 Å². The van der Waals surface area contributed by atoms with Crippen molar-refractivity contribution in [1.29, 1.82) is 0 Å². The fraction of sp³-hybridized carbons (Fsp3) is 0.545. The normalized spacial score (nSPS) is 17.0. The maximum Gasteiger partial charge on any atom is 0.171 e. The number of nitrogens with zero attached hydrogens (tertiary/aromatic N) is 2. The van der Waals surface area contributed by atoms with E-state index >= 15 is 0 Å². The Kier molecular flexibility index (Phi) is 3.85. The van der Waals surface area contributed by atoms with Gasteiger partial charge in [-0.05, 0) is 13.0 Å². The lowest BCUT2D eigenvalue weighted by atomic mass is 10.3. The van der Waals surface area contributed by atoms with Crippen LogP contribution in [-0.4, -0.2) is 38.3 Å². The van der Waals surface area contributed by atoms with Gasteiger partial charge in [0.1, 0.15) is 0 Å². The molecule has 0 saturated carbocycles.